The van der Waals surface area contributed by atoms with Gasteiger partial charge in [0.05, 0.1) is 22.5 Å². The number of hydrogen-bond acceptors (Lipinski definition) is 3. The summed E-state index contributed by atoms with van der Waals surface area (Å²) in [6, 6.07) is 12.7. The Bertz CT molecular complexity index is 814. The summed E-state index contributed by atoms with van der Waals surface area (Å²) in [5.41, 5.74) is 3.29. The van der Waals surface area contributed by atoms with Crippen molar-refractivity contribution in [2.24, 2.45) is 0 Å². The van der Waals surface area contributed by atoms with Gasteiger partial charge in [0.2, 0.25) is 0 Å². The molecule has 2 aromatic heterocycles. The Morgan fingerprint density at radius 3 is 2.67 bits per heavy atom. The van der Waals surface area contributed by atoms with Gasteiger partial charge in [0.15, 0.2) is 0 Å². The Kier molecular flexibility index (Phi) is 3.36. The summed E-state index contributed by atoms with van der Waals surface area (Å²) in [5, 5.41) is 10.1. The van der Waals surface area contributed by atoms with Crippen LogP contribution in [0.2, 0.25) is 0 Å². The maximum atomic E-state index is 11.5. The molecule has 21 heavy (non-hydrogen) atoms. The van der Waals surface area contributed by atoms with Crippen molar-refractivity contribution in [1.29, 1.82) is 0 Å². The molecule has 0 fully saturated rings. The molecule has 0 atom stereocenters. The molecular weight excluding hydrogens is 264 g/mol. The van der Waals surface area contributed by atoms with E-state index in [-0.39, 0.29) is 5.56 Å². The van der Waals surface area contributed by atoms with Gasteiger partial charge in [0.25, 0.3) is 0 Å². The zero-order valence-corrected chi connectivity index (χ0v) is 11.6. The molecule has 0 unspecified atom stereocenters. The quantitative estimate of drug-likeness (QED) is 0.795. The monoisotopic (exact) mass is 278 g/mol. The third-order valence-corrected chi connectivity index (χ3v) is 3.46. The lowest BCUT2D eigenvalue weighted by atomic mass is 10.0. The van der Waals surface area contributed by atoms with Gasteiger partial charge in [-0.2, -0.15) is 0 Å². The average Bonchev–Trinajstić information content (AvgIpc) is 2.53. The number of fused-ring (bicyclic) bond motifs is 1. The van der Waals surface area contributed by atoms with Crippen molar-refractivity contribution in [2.75, 3.05) is 0 Å². The molecule has 0 saturated heterocycles. The summed E-state index contributed by atoms with van der Waals surface area (Å²) < 4.78 is 0. The molecule has 4 nitrogen and oxygen atoms in total. The fourth-order valence-electron chi connectivity index (χ4n) is 2.42. The number of hydrogen-bond donors (Lipinski definition) is 1. The van der Waals surface area contributed by atoms with E-state index in [9.17, 15) is 9.90 Å². The van der Waals surface area contributed by atoms with Gasteiger partial charge in [-0.15, -0.1) is 0 Å². The van der Waals surface area contributed by atoms with Crippen LogP contribution in [0.1, 0.15) is 22.8 Å². The van der Waals surface area contributed by atoms with Gasteiger partial charge in [-0.1, -0.05) is 31.2 Å². The van der Waals surface area contributed by atoms with Crippen LogP contribution in [-0.2, 0) is 6.42 Å². The molecule has 4 heteroatoms. The van der Waals surface area contributed by atoms with Crippen molar-refractivity contribution < 1.29 is 9.90 Å². The molecule has 0 saturated carbocycles. The molecule has 1 N–H and O–H groups in total. The third-order valence-electron chi connectivity index (χ3n) is 3.46. The topological polar surface area (TPSA) is 63.1 Å². The number of aromatic nitrogens is 2. The number of benzene rings is 1. The Labute approximate surface area is 122 Å². The standard InChI is InChI=1S/C17H14N2O2/c1-2-11-6-5-7-12-13(17(20)21)10-15(19-16(11)12)14-8-3-4-9-18-14/h3-10H,2H2,1H3,(H,20,21). The van der Waals surface area contributed by atoms with Crippen LogP contribution >= 0.6 is 0 Å². The lowest BCUT2D eigenvalue weighted by Crippen LogP contribution is -2.02. The molecule has 0 spiro atoms. The Hall–Kier alpha value is -2.75. The largest absolute Gasteiger partial charge is 0.478 e. The normalized spacial score (nSPS) is 10.7. The van der Waals surface area contributed by atoms with E-state index in [0.717, 1.165) is 17.5 Å². The highest BCUT2D eigenvalue weighted by atomic mass is 16.4. The maximum Gasteiger partial charge on any atom is 0.336 e. The lowest BCUT2D eigenvalue weighted by Gasteiger charge is -2.09. The molecule has 0 radical (unpaired) electrons. The van der Waals surface area contributed by atoms with Crippen molar-refractivity contribution in [2.45, 2.75) is 13.3 Å². The van der Waals surface area contributed by atoms with E-state index in [2.05, 4.69) is 9.97 Å². The van der Waals surface area contributed by atoms with Gasteiger partial charge in [-0.3, -0.25) is 4.98 Å². The second-order valence-corrected chi connectivity index (χ2v) is 4.74. The zero-order chi connectivity index (χ0) is 14.8. The number of rotatable bonds is 3. The molecule has 0 aliphatic rings. The molecular formula is C17H14N2O2. The van der Waals surface area contributed by atoms with Crippen LogP contribution in [0.5, 0.6) is 0 Å². The highest BCUT2D eigenvalue weighted by Gasteiger charge is 2.14. The number of nitrogens with zero attached hydrogens (tertiary/aromatic N) is 2. The minimum atomic E-state index is -0.951. The highest BCUT2D eigenvalue weighted by molar-refractivity contribution is 6.04. The first-order chi connectivity index (χ1) is 10.2. The van der Waals surface area contributed by atoms with E-state index in [1.165, 1.54) is 0 Å². The summed E-state index contributed by atoms with van der Waals surface area (Å²) in [7, 11) is 0. The van der Waals surface area contributed by atoms with Crippen molar-refractivity contribution in [3.05, 3.63) is 59.8 Å². The predicted molar refractivity (Wildman–Crippen MR) is 81.3 cm³/mol. The van der Waals surface area contributed by atoms with Gasteiger partial charge >= 0.3 is 5.97 Å². The molecule has 0 aliphatic carbocycles. The van der Waals surface area contributed by atoms with Gasteiger partial charge in [-0.25, -0.2) is 9.78 Å². The van der Waals surface area contributed by atoms with E-state index >= 15 is 0 Å². The molecule has 0 bridgehead atoms. The van der Waals surface area contributed by atoms with Crippen LogP contribution in [0.15, 0.2) is 48.7 Å². The van der Waals surface area contributed by atoms with Crippen LogP contribution in [0.3, 0.4) is 0 Å². The zero-order valence-electron chi connectivity index (χ0n) is 11.6. The number of carbonyl (C=O) groups is 1. The highest BCUT2D eigenvalue weighted by Crippen LogP contribution is 2.26. The maximum absolute atomic E-state index is 11.5. The van der Waals surface area contributed by atoms with Gasteiger partial charge in [-0.05, 0) is 30.2 Å². The van der Waals surface area contributed by atoms with E-state index < -0.39 is 5.97 Å². The van der Waals surface area contributed by atoms with Crippen LogP contribution in [0, 0.1) is 0 Å². The summed E-state index contributed by atoms with van der Waals surface area (Å²) in [4.78, 5) is 20.4. The summed E-state index contributed by atoms with van der Waals surface area (Å²) >= 11 is 0. The first-order valence-electron chi connectivity index (χ1n) is 6.78. The molecule has 3 rings (SSSR count). The number of aryl methyl sites for hydroxylation is 1. The molecule has 104 valence electrons. The van der Waals surface area contributed by atoms with Crippen LogP contribution in [0.4, 0.5) is 0 Å². The second-order valence-electron chi connectivity index (χ2n) is 4.74. The van der Waals surface area contributed by atoms with Gasteiger partial charge in [0, 0.05) is 11.6 Å². The first kappa shape index (κ1) is 13.2. The predicted octanol–water partition coefficient (Wildman–Crippen LogP) is 3.56. The molecule has 0 aliphatic heterocycles. The fraction of sp³-hybridized carbons (Fsp3) is 0.118. The molecule has 2 heterocycles. The van der Waals surface area contributed by atoms with Gasteiger partial charge < -0.3 is 5.11 Å². The average molecular weight is 278 g/mol. The SMILES string of the molecule is CCc1cccc2c(C(=O)O)cc(-c3ccccn3)nc12. The molecule has 1 aromatic carbocycles. The summed E-state index contributed by atoms with van der Waals surface area (Å²) in [6.07, 6.45) is 2.47. The van der Waals surface area contributed by atoms with Gasteiger partial charge in [0.1, 0.15) is 0 Å². The number of carboxylic acids is 1. The van der Waals surface area contributed by atoms with Crippen molar-refractivity contribution in [3.8, 4) is 11.4 Å². The van der Waals surface area contributed by atoms with Crippen LogP contribution < -0.4 is 0 Å². The summed E-state index contributed by atoms with van der Waals surface area (Å²) in [5.74, 6) is -0.951. The van der Waals surface area contributed by atoms with Crippen molar-refractivity contribution in [3.63, 3.8) is 0 Å². The number of pyridine rings is 2. The number of carboxylic acid groups (broad SMARTS) is 1. The van der Waals surface area contributed by atoms with Crippen LogP contribution in [0.25, 0.3) is 22.3 Å². The van der Waals surface area contributed by atoms with E-state index in [4.69, 9.17) is 0 Å². The first-order valence-corrected chi connectivity index (χ1v) is 6.78. The minimum absolute atomic E-state index is 0.260. The van der Waals surface area contributed by atoms with Crippen molar-refractivity contribution in [1.82, 2.24) is 9.97 Å². The molecule has 3 aromatic rings. The number of para-hydroxylation sites is 1. The Morgan fingerprint density at radius 1 is 1.14 bits per heavy atom. The Morgan fingerprint density at radius 2 is 2.00 bits per heavy atom. The van der Waals surface area contributed by atoms with Crippen LogP contribution in [-0.4, -0.2) is 21.0 Å². The fourth-order valence-corrected chi connectivity index (χ4v) is 2.42. The lowest BCUT2D eigenvalue weighted by molar-refractivity contribution is 0.0699. The Balaban J connectivity index is 2.36. The van der Waals surface area contributed by atoms with E-state index in [0.29, 0.717) is 16.8 Å². The minimum Gasteiger partial charge on any atom is -0.478 e. The smallest absolute Gasteiger partial charge is 0.336 e. The second kappa shape index (κ2) is 5.32. The summed E-state index contributed by atoms with van der Waals surface area (Å²) in [6.45, 7) is 2.03. The van der Waals surface area contributed by atoms with E-state index in [1.807, 2.05) is 37.3 Å². The third kappa shape index (κ3) is 2.36. The number of aromatic carboxylic acids is 1. The molecule has 0 amide bonds. The van der Waals surface area contributed by atoms with Crippen molar-refractivity contribution >= 4 is 16.9 Å². The van der Waals surface area contributed by atoms with E-state index in [1.54, 1.807) is 18.3 Å².